The average molecular weight is 1490 g/mol. The number of hydrogen-bond acceptors (Lipinski definition) is 15. The number of esters is 4. The van der Waals surface area contributed by atoms with Crippen molar-refractivity contribution in [3.63, 3.8) is 0 Å². The van der Waals surface area contributed by atoms with E-state index < -0.39 is 97.5 Å². The number of unbranched alkanes of at least 4 members (excludes halogenated alkanes) is 55. The third kappa shape index (κ3) is 76.3. The number of phosphoric ester groups is 2. The van der Waals surface area contributed by atoms with E-state index in [1.165, 1.54) is 263 Å². The number of aliphatic hydroxyl groups is 1. The van der Waals surface area contributed by atoms with E-state index in [0.29, 0.717) is 25.7 Å². The van der Waals surface area contributed by atoms with Crippen molar-refractivity contribution in [2.75, 3.05) is 39.6 Å². The lowest BCUT2D eigenvalue weighted by molar-refractivity contribution is -0.161. The lowest BCUT2D eigenvalue weighted by Gasteiger charge is -2.21. The predicted octanol–water partition coefficient (Wildman–Crippen LogP) is 25.2. The van der Waals surface area contributed by atoms with Gasteiger partial charge in [-0.3, -0.25) is 37.3 Å². The second-order valence-electron chi connectivity index (χ2n) is 30.3. The molecule has 0 radical (unpaired) electrons. The normalized spacial score (nSPS) is 13.8. The number of rotatable bonds is 83. The number of aliphatic hydroxyl groups excluding tert-OH is 1. The summed E-state index contributed by atoms with van der Waals surface area (Å²) in [5, 5.41) is 10.6. The van der Waals surface area contributed by atoms with Crippen LogP contribution < -0.4 is 0 Å². The summed E-state index contributed by atoms with van der Waals surface area (Å²) in [5.41, 5.74) is 0. The van der Waals surface area contributed by atoms with E-state index in [2.05, 4.69) is 34.6 Å². The predicted molar refractivity (Wildman–Crippen MR) is 418 cm³/mol. The first kappa shape index (κ1) is 100. The zero-order valence-electron chi connectivity index (χ0n) is 66.8. The molecule has 606 valence electrons. The molecular formula is C83H162O17P2. The highest BCUT2D eigenvalue weighted by Gasteiger charge is 2.30. The molecule has 5 atom stereocenters. The second-order valence-corrected chi connectivity index (χ2v) is 33.3. The van der Waals surface area contributed by atoms with Crippen molar-refractivity contribution in [3.05, 3.63) is 0 Å². The van der Waals surface area contributed by atoms with Crippen LogP contribution in [0.1, 0.15) is 446 Å². The minimum Gasteiger partial charge on any atom is -0.462 e. The molecular weight excluding hydrogens is 1330 g/mol. The number of phosphoric acid groups is 2. The Morgan fingerprint density at radius 2 is 0.451 bits per heavy atom. The van der Waals surface area contributed by atoms with Crippen molar-refractivity contribution < 1.29 is 80.2 Å². The zero-order chi connectivity index (χ0) is 74.8. The van der Waals surface area contributed by atoms with Gasteiger partial charge < -0.3 is 33.8 Å². The lowest BCUT2D eigenvalue weighted by Crippen LogP contribution is -2.30. The molecule has 0 heterocycles. The highest BCUT2D eigenvalue weighted by molar-refractivity contribution is 7.47. The van der Waals surface area contributed by atoms with Gasteiger partial charge >= 0.3 is 39.5 Å². The molecule has 0 aromatic carbocycles. The maximum Gasteiger partial charge on any atom is 0.472 e. The monoisotopic (exact) mass is 1490 g/mol. The largest absolute Gasteiger partial charge is 0.472 e. The Kier molecular flexibility index (Phi) is 74.4. The van der Waals surface area contributed by atoms with Gasteiger partial charge in [0.05, 0.1) is 26.4 Å². The second kappa shape index (κ2) is 75.9. The third-order valence-corrected chi connectivity index (χ3v) is 21.4. The Bertz CT molecular complexity index is 1940. The van der Waals surface area contributed by atoms with Crippen LogP contribution in [-0.4, -0.2) is 96.7 Å². The van der Waals surface area contributed by atoms with E-state index >= 15 is 0 Å². The SMILES string of the molecule is CCCCCCCCCCCCCCCCCCCCCCCCC(=O)O[C@H](COC(=O)CCCCCCCCCCCCCCCCCCCCCC)COP(=O)(O)OC[C@@H](O)COP(=O)(O)OC[C@@H](COC(=O)CCCCCCCCCC)OC(=O)CCCCCCCCCCCC(C)C. The first-order valence-corrected chi connectivity index (χ1v) is 46.1. The summed E-state index contributed by atoms with van der Waals surface area (Å²) in [6.07, 6.45) is 68.4. The number of carbonyl (C=O) groups excluding carboxylic acids is 4. The van der Waals surface area contributed by atoms with E-state index in [9.17, 15) is 43.2 Å². The minimum atomic E-state index is -4.96. The summed E-state index contributed by atoms with van der Waals surface area (Å²) in [6, 6.07) is 0. The van der Waals surface area contributed by atoms with Crippen LogP contribution in [0, 0.1) is 5.92 Å². The van der Waals surface area contributed by atoms with Crippen LogP contribution in [0.3, 0.4) is 0 Å². The Labute approximate surface area is 626 Å². The van der Waals surface area contributed by atoms with E-state index in [0.717, 1.165) is 102 Å². The molecule has 0 aliphatic rings. The molecule has 0 fully saturated rings. The minimum absolute atomic E-state index is 0.106. The summed E-state index contributed by atoms with van der Waals surface area (Å²) >= 11 is 0. The van der Waals surface area contributed by atoms with E-state index in [-0.39, 0.29) is 25.7 Å². The van der Waals surface area contributed by atoms with Gasteiger partial charge in [-0.25, -0.2) is 9.13 Å². The van der Waals surface area contributed by atoms with Crippen LogP contribution in [0.2, 0.25) is 0 Å². The molecule has 3 N–H and O–H groups in total. The Hall–Kier alpha value is -1.94. The maximum absolute atomic E-state index is 13.1. The van der Waals surface area contributed by atoms with Crippen LogP contribution in [0.5, 0.6) is 0 Å². The molecule has 2 unspecified atom stereocenters. The quantitative estimate of drug-likeness (QED) is 0.0222. The van der Waals surface area contributed by atoms with Gasteiger partial charge in [0.1, 0.15) is 19.3 Å². The van der Waals surface area contributed by atoms with Crippen molar-refractivity contribution >= 4 is 39.5 Å². The first-order chi connectivity index (χ1) is 49.5. The molecule has 0 amide bonds. The van der Waals surface area contributed by atoms with Gasteiger partial charge in [-0.2, -0.15) is 0 Å². The Balaban J connectivity index is 5.16. The fourth-order valence-corrected chi connectivity index (χ4v) is 14.5. The fourth-order valence-electron chi connectivity index (χ4n) is 12.9. The van der Waals surface area contributed by atoms with E-state index in [1.54, 1.807) is 0 Å². The van der Waals surface area contributed by atoms with Crippen LogP contribution in [-0.2, 0) is 65.4 Å². The smallest absolute Gasteiger partial charge is 0.462 e. The molecule has 19 heteroatoms. The highest BCUT2D eigenvalue weighted by Crippen LogP contribution is 2.45. The Morgan fingerprint density at radius 1 is 0.265 bits per heavy atom. The lowest BCUT2D eigenvalue weighted by atomic mass is 10.0. The molecule has 0 aromatic heterocycles. The van der Waals surface area contributed by atoms with Crippen LogP contribution in [0.25, 0.3) is 0 Å². The first-order valence-electron chi connectivity index (χ1n) is 43.1. The average Bonchev–Trinajstić information content (AvgIpc) is 0.915. The molecule has 0 bridgehead atoms. The van der Waals surface area contributed by atoms with Gasteiger partial charge in [0.2, 0.25) is 0 Å². The van der Waals surface area contributed by atoms with Crippen LogP contribution in [0.4, 0.5) is 0 Å². The van der Waals surface area contributed by atoms with Crippen molar-refractivity contribution in [1.29, 1.82) is 0 Å². The Morgan fingerprint density at radius 3 is 0.667 bits per heavy atom. The molecule has 0 saturated carbocycles. The number of carbonyl (C=O) groups is 4. The van der Waals surface area contributed by atoms with Gasteiger partial charge in [0.15, 0.2) is 12.2 Å². The third-order valence-electron chi connectivity index (χ3n) is 19.5. The van der Waals surface area contributed by atoms with Gasteiger partial charge in [-0.15, -0.1) is 0 Å². The topological polar surface area (TPSA) is 237 Å². The summed E-state index contributed by atoms with van der Waals surface area (Å²) < 4.78 is 68.7. The van der Waals surface area contributed by atoms with Crippen LogP contribution >= 0.6 is 15.6 Å². The summed E-state index contributed by atoms with van der Waals surface area (Å²) in [6.45, 7) is 7.28. The van der Waals surface area contributed by atoms with Crippen molar-refractivity contribution in [3.8, 4) is 0 Å². The molecule has 0 spiro atoms. The van der Waals surface area contributed by atoms with Crippen LogP contribution in [0.15, 0.2) is 0 Å². The van der Waals surface area contributed by atoms with Crippen molar-refractivity contribution in [1.82, 2.24) is 0 Å². The molecule has 0 saturated heterocycles. The number of ether oxygens (including phenoxy) is 4. The fraction of sp³-hybridized carbons (Fsp3) is 0.952. The molecule has 0 aliphatic carbocycles. The van der Waals surface area contributed by atoms with E-state index in [4.69, 9.17) is 37.0 Å². The van der Waals surface area contributed by atoms with E-state index in [1.807, 2.05) is 0 Å². The van der Waals surface area contributed by atoms with Gasteiger partial charge in [0, 0.05) is 25.7 Å². The summed E-state index contributed by atoms with van der Waals surface area (Å²) in [4.78, 5) is 72.9. The zero-order valence-corrected chi connectivity index (χ0v) is 68.5. The summed E-state index contributed by atoms with van der Waals surface area (Å²) in [5.74, 6) is -1.37. The van der Waals surface area contributed by atoms with Gasteiger partial charge in [-0.1, -0.05) is 394 Å². The molecule has 0 aromatic rings. The highest BCUT2D eigenvalue weighted by atomic mass is 31.2. The molecule has 102 heavy (non-hydrogen) atoms. The molecule has 17 nitrogen and oxygen atoms in total. The maximum atomic E-state index is 13.1. The molecule has 0 rings (SSSR count). The van der Waals surface area contributed by atoms with Crippen molar-refractivity contribution in [2.24, 2.45) is 5.92 Å². The van der Waals surface area contributed by atoms with Gasteiger partial charge in [0.25, 0.3) is 0 Å². The standard InChI is InChI=1S/C83H162O17P2/c1-6-9-12-15-18-21-23-25-27-29-31-33-34-36-38-40-42-44-48-53-58-63-68-82(87)99-79(73-94-81(86)67-62-57-52-47-43-41-39-37-35-32-30-28-26-24-22-19-16-13-10-7-2)75-98-102(91,92)96-71-77(84)70-95-101(89,90)97-74-78(72-93-80(85)66-61-56-51-20-17-14-11-8-3)100-83(88)69-64-59-54-49-45-46-50-55-60-65-76(4)5/h76-79,84H,6-75H2,1-5H3,(H,89,90)(H,91,92)/t77-,78+,79+/m0/s1. The molecule has 0 aliphatic heterocycles. The number of hydrogen-bond donors (Lipinski definition) is 3. The van der Waals surface area contributed by atoms with Gasteiger partial charge in [-0.05, 0) is 31.6 Å². The summed E-state index contributed by atoms with van der Waals surface area (Å²) in [7, 11) is -9.92. The van der Waals surface area contributed by atoms with Crippen molar-refractivity contribution in [2.45, 2.75) is 464 Å².